The van der Waals surface area contributed by atoms with E-state index >= 15 is 0 Å². The molecule has 0 saturated heterocycles. The Labute approximate surface area is 283 Å². The zero-order chi connectivity index (χ0) is 33.3. The molecule has 0 amide bonds. The average molecular weight is 653 g/mol. The molecule has 1 aromatic rings. The van der Waals surface area contributed by atoms with Crippen molar-refractivity contribution in [2.45, 2.75) is 193 Å². The summed E-state index contributed by atoms with van der Waals surface area (Å²) in [6.07, 6.45) is 35.3. The molecule has 0 aliphatic heterocycles. The minimum absolute atomic E-state index is 0.238. The van der Waals surface area contributed by atoms with Crippen LogP contribution in [0, 0.1) is 0 Å². The van der Waals surface area contributed by atoms with Gasteiger partial charge in [-0.1, -0.05) is 174 Å². The van der Waals surface area contributed by atoms with Crippen molar-refractivity contribution in [2.24, 2.45) is 0 Å². The molecule has 0 aromatic heterocycles. The third-order valence-electron chi connectivity index (χ3n) is 9.00. The van der Waals surface area contributed by atoms with Crippen LogP contribution in [-0.2, 0) is 14.3 Å². The molecule has 0 bridgehead atoms. The van der Waals surface area contributed by atoms with Crippen LogP contribution in [0.15, 0.2) is 35.2 Å². The molecule has 0 unspecified atom stereocenters. The van der Waals surface area contributed by atoms with Gasteiger partial charge in [0.1, 0.15) is 0 Å². The van der Waals surface area contributed by atoms with E-state index in [1.807, 2.05) is 0 Å². The Morgan fingerprint density at radius 2 is 0.778 bits per heavy atom. The first-order valence-corrected chi connectivity index (χ1v) is 21.0. The summed E-state index contributed by atoms with van der Waals surface area (Å²) in [4.78, 5) is 0.238. The molecule has 4 nitrogen and oxygen atoms in total. The van der Waals surface area contributed by atoms with Gasteiger partial charge in [0.25, 0.3) is 10.1 Å². The molecule has 0 fully saturated rings. The van der Waals surface area contributed by atoms with E-state index in [0.29, 0.717) is 0 Å². The molecule has 1 rings (SSSR count). The Morgan fingerprint density at radius 1 is 0.467 bits per heavy atom. The van der Waals surface area contributed by atoms with Crippen LogP contribution in [0.5, 0.6) is 0 Å². The summed E-state index contributed by atoms with van der Waals surface area (Å²) in [5.74, 6) is 0. The maximum Gasteiger partial charge on any atom is 0.296 e. The topological polar surface area (TPSA) is 43.4 Å². The van der Waals surface area contributed by atoms with Crippen molar-refractivity contribution in [3.63, 3.8) is 0 Å². The van der Waals surface area contributed by atoms with E-state index in [4.69, 9.17) is 4.18 Å². The van der Waals surface area contributed by atoms with Gasteiger partial charge in [0.05, 0.1) is 38.7 Å². The van der Waals surface area contributed by atoms with Crippen molar-refractivity contribution in [1.29, 1.82) is 0 Å². The maximum absolute atomic E-state index is 11.9. The number of benzene rings is 1. The van der Waals surface area contributed by atoms with Gasteiger partial charge in [-0.25, -0.2) is 0 Å². The maximum atomic E-state index is 11.9. The molecule has 0 aliphatic rings. The quantitative estimate of drug-likeness (QED) is 0.0455. The van der Waals surface area contributed by atoms with E-state index in [1.165, 1.54) is 172 Å². The highest BCUT2D eigenvalue weighted by Crippen LogP contribution is 2.15. The largest absolute Gasteiger partial charge is 0.328 e. The highest BCUT2D eigenvalue weighted by Gasteiger charge is 2.14. The molecule has 0 radical (unpaired) electrons. The fourth-order valence-electron chi connectivity index (χ4n) is 5.87. The molecule has 45 heavy (non-hydrogen) atoms. The van der Waals surface area contributed by atoms with Crippen molar-refractivity contribution < 1.29 is 17.1 Å². The zero-order valence-corrected chi connectivity index (χ0v) is 31.8. The van der Waals surface area contributed by atoms with E-state index in [1.54, 1.807) is 30.3 Å². The van der Waals surface area contributed by atoms with E-state index < -0.39 is 10.1 Å². The van der Waals surface area contributed by atoms with Gasteiger partial charge in [-0.3, -0.25) is 4.18 Å². The highest BCUT2D eigenvalue weighted by molar-refractivity contribution is 7.86. The van der Waals surface area contributed by atoms with Gasteiger partial charge in [-0.15, -0.1) is 0 Å². The van der Waals surface area contributed by atoms with Gasteiger partial charge < -0.3 is 4.48 Å². The number of quaternary nitrogens is 1. The van der Waals surface area contributed by atoms with E-state index in [9.17, 15) is 8.42 Å². The van der Waals surface area contributed by atoms with E-state index in [0.717, 1.165) is 12.8 Å². The Kier molecular flexibility index (Phi) is 31.0. The summed E-state index contributed by atoms with van der Waals surface area (Å²) in [5, 5.41) is 0. The second kappa shape index (κ2) is 31.7. The molecule has 0 atom stereocenters. The molecule has 0 spiro atoms. The van der Waals surface area contributed by atoms with Crippen molar-refractivity contribution >= 4 is 10.1 Å². The summed E-state index contributed by atoms with van der Waals surface area (Å²) in [6.45, 7) is 9.88. The predicted molar refractivity (Wildman–Crippen MR) is 198 cm³/mol. The van der Waals surface area contributed by atoms with Crippen molar-refractivity contribution in [1.82, 2.24) is 0 Å². The first-order valence-electron chi connectivity index (χ1n) is 19.6. The van der Waals surface area contributed by atoms with Crippen LogP contribution < -0.4 is 0 Å². The Hall–Kier alpha value is -0.910. The highest BCUT2D eigenvalue weighted by atomic mass is 32.2. The van der Waals surface area contributed by atoms with Gasteiger partial charge in [-0.2, -0.15) is 8.42 Å². The molecule has 0 aliphatic carbocycles. The lowest BCUT2D eigenvalue weighted by atomic mass is 10.1. The van der Waals surface area contributed by atoms with Crippen molar-refractivity contribution in [3.8, 4) is 0 Å². The number of hydrogen-bond donors (Lipinski definition) is 0. The second-order valence-corrected chi connectivity index (χ2v) is 15.7. The van der Waals surface area contributed by atoms with Crippen molar-refractivity contribution in [2.75, 3.05) is 33.8 Å². The minimum Gasteiger partial charge on any atom is -0.328 e. The van der Waals surface area contributed by atoms with Crippen LogP contribution in [0.25, 0.3) is 0 Å². The van der Waals surface area contributed by atoms with Gasteiger partial charge >= 0.3 is 0 Å². The van der Waals surface area contributed by atoms with E-state index in [2.05, 4.69) is 34.9 Å². The average Bonchev–Trinajstić information content (AvgIpc) is 3.03. The van der Waals surface area contributed by atoms with Gasteiger partial charge in [0.2, 0.25) is 0 Å². The van der Waals surface area contributed by atoms with Crippen LogP contribution in [-0.4, -0.2) is 46.7 Å². The minimum atomic E-state index is -3.57. The van der Waals surface area contributed by atoms with Crippen LogP contribution in [0.2, 0.25) is 0 Å². The Morgan fingerprint density at radius 3 is 1.13 bits per heavy atom. The normalized spacial score (nSPS) is 11.8. The monoisotopic (exact) mass is 653 g/mol. The SMILES string of the molecule is CCCCCCCCCCCCOS(=O)(=O)c1ccccc1.CCCCCCCCCC[N+](C)(C)CCCCCCCCCC. The molecule has 0 N–H and O–H groups in total. The summed E-state index contributed by atoms with van der Waals surface area (Å²) in [5.41, 5.74) is 0. The third-order valence-corrected chi connectivity index (χ3v) is 10.3. The summed E-state index contributed by atoms with van der Waals surface area (Å²) < 4.78 is 30.0. The third kappa shape index (κ3) is 30.2. The summed E-state index contributed by atoms with van der Waals surface area (Å²) >= 11 is 0. The van der Waals surface area contributed by atoms with E-state index in [-0.39, 0.29) is 11.5 Å². The number of unbranched alkanes of at least 4 members (excludes halogenated alkanes) is 23. The number of rotatable bonds is 31. The molecular weight excluding hydrogens is 575 g/mol. The zero-order valence-electron chi connectivity index (χ0n) is 31.0. The van der Waals surface area contributed by atoms with Gasteiger partial charge in [-0.05, 0) is 44.2 Å². The molecule has 0 heterocycles. The predicted octanol–water partition coefficient (Wildman–Crippen LogP) is 12.7. The van der Waals surface area contributed by atoms with Gasteiger partial charge in [0, 0.05) is 0 Å². The molecular formula is C40H78NO3S+. The van der Waals surface area contributed by atoms with Crippen LogP contribution in [0.3, 0.4) is 0 Å². The molecule has 266 valence electrons. The first kappa shape index (κ1) is 44.1. The smallest absolute Gasteiger partial charge is 0.296 e. The molecule has 5 heteroatoms. The number of hydrogen-bond acceptors (Lipinski definition) is 3. The standard InChI is InChI=1S/C22H48N.C18H30O3S/c1-5-7-9-11-13-15-17-19-21-23(3,4)22-20-18-16-14-12-10-8-6-2;1-2-3-4-5-6-7-8-9-10-14-17-21-22(19,20)18-15-12-11-13-16-18/h5-22H2,1-4H3;11-13,15-16H,2-10,14,17H2,1H3/q+1;. The summed E-state index contributed by atoms with van der Waals surface area (Å²) in [6, 6.07) is 8.33. The molecule has 1 aromatic carbocycles. The lowest BCUT2D eigenvalue weighted by Gasteiger charge is -2.30. The lowest BCUT2D eigenvalue weighted by Crippen LogP contribution is -2.41. The fraction of sp³-hybridized carbons (Fsp3) is 0.850. The first-order chi connectivity index (χ1) is 21.8. The van der Waals surface area contributed by atoms with Crippen LogP contribution in [0.4, 0.5) is 0 Å². The van der Waals surface area contributed by atoms with Gasteiger partial charge in [0.15, 0.2) is 0 Å². The molecule has 0 saturated carbocycles. The number of nitrogens with zero attached hydrogens (tertiary/aromatic N) is 1. The van der Waals surface area contributed by atoms with Crippen molar-refractivity contribution in [3.05, 3.63) is 30.3 Å². The van der Waals surface area contributed by atoms with Crippen LogP contribution >= 0.6 is 0 Å². The lowest BCUT2D eigenvalue weighted by molar-refractivity contribution is -0.890. The fourth-order valence-corrected chi connectivity index (χ4v) is 6.84. The van der Waals surface area contributed by atoms with Crippen LogP contribution in [0.1, 0.15) is 188 Å². The Bertz CT molecular complexity index is 803. The second-order valence-electron chi connectivity index (χ2n) is 14.1. The Balaban J connectivity index is 0.000000861. The summed E-state index contributed by atoms with van der Waals surface area (Å²) in [7, 11) is 1.30.